The molecule has 4 nitrogen and oxygen atoms in total. The summed E-state index contributed by atoms with van der Waals surface area (Å²) in [6.45, 7) is 4.36. The first-order chi connectivity index (χ1) is 9.58. The molecular weight excluding hydrogens is 250 g/mol. The molecule has 0 heterocycles. The van der Waals surface area contributed by atoms with Crippen molar-refractivity contribution in [2.75, 3.05) is 33.7 Å². The SMILES string of the molecule is CCN(CC(=O)N(C)C)Cc1ccccc1C#CCN. The lowest BCUT2D eigenvalue weighted by atomic mass is 10.1. The maximum Gasteiger partial charge on any atom is 0.236 e. The van der Waals surface area contributed by atoms with Crippen molar-refractivity contribution in [1.82, 2.24) is 9.80 Å². The summed E-state index contributed by atoms with van der Waals surface area (Å²) in [5.41, 5.74) is 7.53. The van der Waals surface area contributed by atoms with Gasteiger partial charge in [0.15, 0.2) is 0 Å². The fraction of sp³-hybridized carbons (Fsp3) is 0.438. The summed E-state index contributed by atoms with van der Waals surface area (Å²) >= 11 is 0. The smallest absolute Gasteiger partial charge is 0.236 e. The van der Waals surface area contributed by atoms with Gasteiger partial charge in [0, 0.05) is 26.2 Å². The number of carbonyl (C=O) groups is 1. The maximum atomic E-state index is 11.8. The quantitative estimate of drug-likeness (QED) is 0.811. The second kappa shape index (κ2) is 8.36. The van der Waals surface area contributed by atoms with Gasteiger partial charge in [-0.25, -0.2) is 0 Å². The molecule has 108 valence electrons. The molecule has 2 N–H and O–H groups in total. The van der Waals surface area contributed by atoms with Gasteiger partial charge in [0.25, 0.3) is 0 Å². The summed E-state index contributed by atoms with van der Waals surface area (Å²) in [5, 5.41) is 0. The molecule has 0 aliphatic heterocycles. The van der Waals surface area contributed by atoms with E-state index in [2.05, 4.69) is 23.7 Å². The summed E-state index contributed by atoms with van der Waals surface area (Å²) in [7, 11) is 3.55. The molecule has 0 spiro atoms. The number of likely N-dealkylation sites (N-methyl/N-ethyl adjacent to an activating group) is 2. The summed E-state index contributed by atoms with van der Waals surface area (Å²) in [6, 6.07) is 7.98. The number of nitrogens with two attached hydrogens (primary N) is 1. The van der Waals surface area contributed by atoms with Crippen molar-refractivity contribution in [3.05, 3.63) is 35.4 Å². The molecule has 1 amide bonds. The summed E-state index contributed by atoms with van der Waals surface area (Å²) in [4.78, 5) is 15.5. The molecule has 20 heavy (non-hydrogen) atoms. The van der Waals surface area contributed by atoms with Gasteiger partial charge in [0.1, 0.15) is 0 Å². The minimum atomic E-state index is 0.109. The third-order valence-electron chi connectivity index (χ3n) is 3.04. The molecule has 1 aromatic carbocycles. The fourth-order valence-corrected chi connectivity index (χ4v) is 1.78. The molecular formula is C16H23N3O. The fourth-order valence-electron chi connectivity index (χ4n) is 1.78. The molecule has 0 aliphatic rings. The number of rotatable bonds is 5. The Morgan fingerprint density at radius 1 is 1.30 bits per heavy atom. The van der Waals surface area contributed by atoms with Crippen molar-refractivity contribution in [2.45, 2.75) is 13.5 Å². The van der Waals surface area contributed by atoms with E-state index in [1.54, 1.807) is 19.0 Å². The lowest BCUT2D eigenvalue weighted by Gasteiger charge is -2.22. The first kappa shape index (κ1) is 16.2. The zero-order valence-corrected chi connectivity index (χ0v) is 12.5. The van der Waals surface area contributed by atoms with Crippen molar-refractivity contribution >= 4 is 5.91 Å². The third kappa shape index (κ3) is 5.04. The van der Waals surface area contributed by atoms with E-state index < -0.39 is 0 Å². The van der Waals surface area contributed by atoms with E-state index >= 15 is 0 Å². The second-order valence-electron chi connectivity index (χ2n) is 4.75. The summed E-state index contributed by atoms with van der Waals surface area (Å²) < 4.78 is 0. The molecule has 4 heteroatoms. The largest absolute Gasteiger partial charge is 0.348 e. The Hall–Kier alpha value is -1.83. The Kier molecular flexibility index (Phi) is 6.78. The third-order valence-corrected chi connectivity index (χ3v) is 3.04. The van der Waals surface area contributed by atoms with Crippen LogP contribution in [0.15, 0.2) is 24.3 Å². The van der Waals surface area contributed by atoms with Crippen LogP contribution in [0, 0.1) is 11.8 Å². The minimum absolute atomic E-state index is 0.109. The van der Waals surface area contributed by atoms with Crippen molar-refractivity contribution in [3.63, 3.8) is 0 Å². The van der Waals surface area contributed by atoms with Crippen LogP contribution in [-0.2, 0) is 11.3 Å². The van der Waals surface area contributed by atoms with Gasteiger partial charge in [-0.1, -0.05) is 37.0 Å². The van der Waals surface area contributed by atoms with E-state index in [9.17, 15) is 4.79 Å². The number of carbonyl (C=O) groups excluding carboxylic acids is 1. The Bertz CT molecular complexity index is 500. The molecule has 0 saturated carbocycles. The van der Waals surface area contributed by atoms with Gasteiger partial charge < -0.3 is 10.6 Å². The van der Waals surface area contributed by atoms with Gasteiger partial charge in [-0.2, -0.15) is 0 Å². The molecule has 0 atom stereocenters. The van der Waals surface area contributed by atoms with Crippen molar-refractivity contribution in [1.29, 1.82) is 0 Å². The molecule has 0 radical (unpaired) electrons. The molecule has 1 aromatic rings. The van der Waals surface area contributed by atoms with Crippen LogP contribution in [0.5, 0.6) is 0 Å². The van der Waals surface area contributed by atoms with Crippen LogP contribution < -0.4 is 5.73 Å². The van der Waals surface area contributed by atoms with Gasteiger partial charge in [-0.05, 0) is 18.2 Å². The average Bonchev–Trinajstić information content (AvgIpc) is 2.45. The monoisotopic (exact) mass is 273 g/mol. The van der Waals surface area contributed by atoms with Gasteiger partial charge in [-0.3, -0.25) is 9.69 Å². The maximum absolute atomic E-state index is 11.8. The van der Waals surface area contributed by atoms with Gasteiger partial charge in [-0.15, -0.1) is 0 Å². The van der Waals surface area contributed by atoms with E-state index in [0.717, 1.165) is 17.7 Å². The topological polar surface area (TPSA) is 49.6 Å². The normalized spacial score (nSPS) is 10.1. The predicted octanol–water partition coefficient (Wildman–Crippen LogP) is 0.907. The molecule has 0 bridgehead atoms. The number of hydrogen-bond acceptors (Lipinski definition) is 3. The van der Waals surface area contributed by atoms with Gasteiger partial charge >= 0.3 is 0 Å². The van der Waals surface area contributed by atoms with E-state index in [0.29, 0.717) is 19.6 Å². The number of hydrogen-bond donors (Lipinski definition) is 1. The predicted molar refractivity (Wildman–Crippen MR) is 82.0 cm³/mol. The molecule has 0 unspecified atom stereocenters. The molecule has 0 aromatic heterocycles. The van der Waals surface area contributed by atoms with Crippen LogP contribution in [0.3, 0.4) is 0 Å². The number of amides is 1. The Balaban J connectivity index is 2.82. The van der Waals surface area contributed by atoms with E-state index in [1.807, 2.05) is 24.3 Å². The lowest BCUT2D eigenvalue weighted by molar-refractivity contribution is -0.130. The van der Waals surface area contributed by atoms with Crippen molar-refractivity contribution in [3.8, 4) is 11.8 Å². The Morgan fingerprint density at radius 2 is 2.00 bits per heavy atom. The highest BCUT2D eigenvalue weighted by atomic mass is 16.2. The molecule has 0 fully saturated rings. The molecule has 0 saturated heterocycles. The highest BCUT2D eigenvalue weighted by Crippen LogP contribution is 2.10. The van der Waals surface area contributed by atoms with E-state index in [4.69, 9.17) is 5.73 Å². The Labute approximate surface area is 121 Å². The van der Waals surface area contributed by atoms with Gasteiger partial charge in [0.05, 0.1) is 13.1 Å². The van der Waals surface area contributed by atoms with Crippen LogP contribution in [0.25, 0.3) is 0 Å². The van der Waals surface area contributed by atoms with Crippen LogP contribution in [0.4, 0.5) is 0 Å². The first-order valence-electron chi connectivity index (χ1n) is 6.77. The summed E-state index contributed by atoms with van der Waals surface area (Å²) in [6.07, 6.45) is 0. The zero-order chi connectivity index (χ0) is 15.0. The van der Waals surface area contributed by atoms with Crippen molar-refractivity contribution in [2.24, 2.45) is 5.73 Å². The minimum Gasteiger partial charge on any atom is -0.348 e. The molecule has 0 aliphatic carbocycles. The van der Waals surface area contributed by atoms with Crippen LogP contribution in [0.1, 0.15) is 18.1 Å². The number of nitrogens with zero attached hydrogens (tertiary/aromatic N) is 2. The number of benzene rings is 1. The Morgan fingerprint density at radius 3 is 2.60 bits per heavy atom. The highest BCUT2D eigenvalue weighted by Gasteiger charge is 2.12. The zero-order valence-electron chi connectivity index (χ0n) is 12.5. The molecule has 1 rings (SSSR count). The second-order valence-corrected chi connectivity index (χ2v) is 4.75. The van der Waals surface area contributed by atoms with Crippen LogP contribution in [-0.4, -0.2) is 49.4 Å². The van der Waals surface area contributed by atoms with E-state index in [1.165, 1.54) is 0 Å². The lowest BCUT2D eigenvalue weighted by Crippen LogP contribution is -2.36. The highest BCUT2D eigenvalue weighted by molar-refractivity contribution is 5.77. The van der Waals surface area contributed by atoms with Gasteiger partial charge in [0.2, 0.25) is 5.91 Å². The van der Waals surface area contributed by atoms with Crippen molar-refractivity contribution < 1.29 is 4.79 Å². The van der Waals surface area contributed by atoms with Crippen LogP contribution in [0.2, 0.25) is 0 Å². The van der Waals surface area contributed by atoms with Crippen LogP contribution >= 0.6 is 0 Å². The average molecular weight is 273 g/mol. The van der Waals surface area contributed by atoms with E-state index in [-0.39, 0.29) is 5.91 Å². The summed E-state index contributed by atoms with van der Waals surface area (Å²) in [5.74, 6) is 6.07. The first-order valence-corrected chi connectivity index (χ1v) is 6.77. The standard InChI is InChI=1S/C16H23N3O/c1-4-19(13-16(20)18(2)3)12-15-9-6-5-8-14(15)10-7-11-17/h5-6,8-9H,4,11-13,17H2,1-3H3.